The van der Waals surface area contributed by atoms with Crippen LogP contribution in [0.5, 0.6) is 0 Å². The van der Waals surface area contributed by atoms with Gasteiger partial charge >= 0.3 is 0 Å². The predicted octanol–water partition coefficient (Wildman–Crippen LogP) is 1.84. The van der Waals surface area contributed by atoms with Crippen molar-refractivity contribution in [2.24, 2.45) is 5.92 Å². The molecule has 0 spiro atoms. The van der Waals surface area contributed by atoms with E-state index < -0.39 is 0 Å². The second kappa shape index (κ2) is 9.68. The lowest BCUT2D eigenvalue weighted by molar-refractivity contribution is -0.159. The average Bonchev–Trinajstić information content (AvgIpc) is 3.33. The fourth-order valence-corrected chi connectivity index (χ4v) is 6.29. The Balaban J connectivity index is 1.31. The number of amides is 2. The van der Waals surface area contributed by atoms with Gasteiger partial charge in [0.25, 0.3) is 0 Å². The van der Waals surface area contributed by atoms with Crippen molar-refractivity contribution in [3.8, 4) is 0 Å². The number of hydrogen-bond donors (Lipinski definition) is 1. The van der Waals surface area contributed by atoms with E-state index in [2.05, 4.69) is 22.3 Å². The summed E-state index contributed by atoms with van der Waals surface area (Å²) in [6.45, 7) is 8.09. The van der Waals surface area contributed by atoms with Crippen LogP contribution in [0.15, 0.2) is 24.3 Å². The Morgan fingerprint density at radius 3 is 2.55 bits per heavy atom. The van der Waals surface area contributed by atoms with Crippen LogP contribution >= 0.6 is 0 Å². The van der Waals surface area contributed by atoms with Gasteiger partial charge in [-0.15, -0.1) is 0 Å². The van der Waals surface area contributed by atoms with Gasteiger partial charge in [-0.3, -0.25) is 19.9 Å². The first-order valence-corrected chi connectivity index (χ1v) is 12.6. The molecule has 8 heteroatoms. The standard InChI is InChI=1S/C25H36FN5O2/c1-2-11-28-12-14-29(15-13-28)24(32)19-5-8-21-23(16-19)30(17-18-3-6-20(26)7-4-18)25(33)22-9-10-27-31(21)22/h3-4,6-7,19,21-23,27H,2,5,8-17H2,1H3. The highest BCUT2D eigenvalue weighted by Gasteiger charge is 2.51. The fraction of sp³-hybridized carbons (Fsp3) is 0.680. The molecule has 1 aromatic rings. The molecule has 0 aromatic heterocycles. The van der Waals surface area contributed by atoms with Crippen LogP contribution in [-0.4, -0.2) is 88.9 Å². The Kier molecular flexibility index (Phi) is 6.67. The van der Waals surface area contributed by atoms with Crippen molar-refractivity contribution in [1.29, 1.82) is 0 Å². The lowest BCUT2D eigenvalue weighted by Gasteiger charge is -2.52. The minimum absolute atomic E-state index is 0.00603. The number of piperazine rings is 2. The number of benzene rings is 1. The second-order valence-electron chi connectivity index (χ2n) is 10.0. The van der Waals surface area contributed by atoms with Gasteiger partial charge in [0.1, 0.15) is 11.9 Å². The molecule has 2 amide bonds. The van der Waals surface area contributed by atoms with Gasteiger partial charge in [-0.25, -0.2) is 9.40 Å². The van der Waals surface area contributed by atoms with Crippen molar-refractivity contribution >= 4 is 11.8 Å². The van der Waals surface area contributed by atoms with E-state index in [0.29, 0.717) is 13.0 Å². The van der Waals surface area contributed by atoms with E-state index in [9.17, 15) is 14.0 Å². The van der Waals surface area contributed by atoms with Gasteiger partial charge in [0.2, 0.25) is 11.8 Å². The first-order chi connectivity index (χ1) is 16.0. The van der Waals surface area contributed by atoms with E-state index in [-0.39, 0.29) is 41.7 Å². The van der Waals surface area contributed by atoms with Crippen LogP contribution in [-0.2, 0) is 16.1 Å². The summed E-state index contributed by atoms with van der Waals surface area (Å²) in [4.78, 5) is 33.4. The number of fused-ring (bicyclic) bond motifs is 3. The lowest BCUT2D eigenvalue weighted by atomic mass is 9.78. The van der Waals surface area contributed by atoms with Crippen LogP contribution in [0, 0.1) is 11.7 Å². The van der Waals surface area contributed by atoms with Crippen LogP contribution in [0.25, 0.3) is 0 Å². The lowest BCUT2D eigenvalue weighted by Crippen LogP contribution is -2.68. The molecule has 180 valence electrons. The Morgan fingerprint density at radius 1 is 1.06 bits per heavy atom. The number of carbonyl (C=O) groups excluding carboxylic acids is 2. The monoisotopic (exact) mass is 457 g/mol. The largest absolute Gasteiger partial charge is 0.340 e. The Labute approximate surface area is 195 Å². The summed E-state index contributed by atoms with van der Waals surface area (Å²) >= 11 is 0. The van der Waals surface area contributed by atoms with E-state index in [0.717, 1.165) is 70.5 Å². The summed E-state index contributed by atoms with van der Waals surface area (Å²) in [5.74, 6) is 0.0870. The molecule has 1 aromatic carbocycles. The van der Waals surface area contributed by atoms with Gasteiger partial charge in [-0.1, -0.05) is 19.1 Å². The molecule has 4 fully saturated rings. The van der Waals surface area contributed by atoms with Crippen molar-refractivity contribution in [1.82, 2.24) is 25.1 Å². The molecule has 1 aliphatic carbocycles. The topological polar surface area (TPSA) is 59.1 Å². The molecule has 4 aliphatic rings. The number of nitrogens with one attached hydrogen (secondary N) is 1. The van der Waals surface area contributed by atoms with E-state index >= 15 is 0 Å². The summed E-state index contributed by atoms with van der Waals surface area (Å²) in [5.41, 5.74) is 4.37. The summed E-state index contributed by atoms with van der Waals surface area (Å²) in [7, 11) is 0. The molecule has 3 heterocycles. The molecule has 3 aliphatic heterocycles. The molecule has 33 heavy (non-hydrogen) atoms. The van der Waals surface area contributed by atoms with Crippen molar-refractivity contribution in [3.63, 3.8) is 0 Å². The Hall–Kier alpha value is -2.03. The van der Waals surface area contributed by atoms with Gasteiger partial charge in [0.15, 0.2) is 0 Å². The zero-order chi connectivity index (χ0) is 22.9. The van der Waals surface area contributed by atoms with Crippen LogP contribution in [0.1, 0.15) is 44.6 Å². The number of nitrogens with zero attached hydrogens (tertiary/aromatic N) is 4. The molecule has 0 radical (unpaired) electrons. The third-order valence-corrected chi connectivity index (χ3v) is 7.99. The molecular formula is C25H36FN5O2. The van der Waals surface area contributed by atoms with Crippen molar-refractivity contribution in [2.75, 3.05) is 39.3 Å². The zero-order valence-corrected chi connectivity index (χ0v) is 19.6. The normalized spacial score (nSPS) is 30.9. The van der Waals surface area contributed by atoms with Gasteiger partial charge in [-0.05, 0) is 56.3 Å². The fourth-order valence-electron chi connectivity index (χ4n) is 6.29. The summed E-state index contributed by atoms with van der Waals surface area (Å²) in [6, 6.07) is 6.52. The molecule has 7 nitrogen and oxygen atoms in total. The highest BCUT2D eigenvalue weighted by atomic mass is 19.1. The Morgan fingerprint density at radius 2 is 1.82 bits per heavy atom. The number of hydrogen-bond acceptors (Lipinski definition) is 5. The minimum Gasteiger partial charge on any atom is -0.340 e. The van der Waals surface area contributed by atoms with E-state index in [1.807, 2.05) is 9.80 Å². The quantitative estimate of drug-likeness (QED) is 0.731. The summed E-state index contributed by atoms with van der Waals surface area (Å²) in [6.07, 6.45) is 4.44. The predicted molar refractivity (Wildman–Crippen MR) is 123 cm³/mol. The number of halogens is 1. The zero-order valence-electron chi connectivity index (χ0n) is 19.6. The molecule has 4 atom stereocenters. The van der Waals surface area contributed by atoms with E-state index in [1.54, 1.807) is 12.1 Å². The number of hydrazine groups is 1. The van der Waals surface area contributed by atoms with Crippen LogP contribution in [0.3, 0.4) is 0 Å². The minimum atomic E-state index is -0.268. The third-order valence-electron chi connectivity index (χ3n) is 7.99. The van der Waals surface area contributed by atoms with Crippen LogP contribution in [0.4, 0.5) is 4.39 Å². The number of carbonyl (C=O) groups is 2. The molecule has 4 unspecified atom stereocenters. The van der Waals surface area contributed by atoms with Gasteiger partial charge in [0, 0.05) is 57.3 Å². The first-order valence-electron chi connectivity index (χ1n) is 12.6. The second-order valence-corrected chi connectivity index (χ2v) is 10.0. The highest BCUT2D eigenvalue weighted by Crippen LogP contribution is 2.38. The SMILES string of the molecule is CCCN1CCN(C(=O)C2CCC3C(C2)N(Cc2ccc(F)cc2)C(=O)C2CCNN23)CC1. The maximum absolute atomic E-state index is 13.5. The van der Waals surface area contributed by atoms with Gasteiger partial charge < -0.3 is 9.80 Å². The summed E-state index contributed by atoms with van der Waals surface area (Å²) < 4.78 is 13.4. The maximum atomic E-state index is 13.5. The van der Waals surface area contributed by atoms with E-state index in [1.165, 1.54) is 12.1 Å². The smallest absolute Gasteiger partial charge is 0.242 e. The maximum Gasteiger partial charge on any atom is 0.242 e. The molecule has 1 saturated carbocycles. The molecule has 3 saturated heterocycles. The van der Waals surface area contributed by atoms with Crippen molar-refractivity contribution in [3.05, 3.63) is 35.6 Å². The van der Waals surface area contributed by atoms with Crippen LogP contribution < -0.4 is 5.43 Å². The Bertz CT molecular complexity index is 857. The molecule has 5 rings (SSSR count). The summed E-state index contributed by atoms with van der Waals surface area (Å²) in [5, 5.41) is 2.18. The molecule has 1 N–H and O–H groups in total. The van der Waals surface area contributed by atoms with Gasteiger partial charge in [0.05, 0.1) is 0 Å². The highest BCUT2D eigenvalue weighted by molar-refractivity contribution is 5.84. The van der Waals surface area contributed by atoms with Crippen molar-refractivity contribution in [2.45, 2.75) is 63.7 Å². The van der Waals surface area contributed by atoms with Crippen LogP contribution in [0.2, 0.25) is 0 Å². The van der Waals surface area contributed by atoms with Gasteiger partial charge in [-0.2, -0.15) is 0 Å². The van der Waals surface area contributed by atoms with E-state index in [4.69, 9.17) is 0 Å². The average molecular weight is 458 g/mol. The first kappa shape index (κ1) is 22.7. The molecular weight excluding hydrogens is 421 g/mol. The number of rotatable bonds is 5. The molecule has 0 bridgehead atoms. The third kappa shape index (κ3) is 4.53. The van der Waals surface area contributed by atoms with Crippen molar-refractivity contribution < 1.29 is 14.0 Å².